The van der Waals surface area contributed by atoms with Crippen molar-refractivity contribution in [2.45, 2.75) is 62.7 Å². The molecule has 0 bridgehead atoms. The van der Waals surface area contributed by atoms with Crippen molar-refractivity contribution in [3.05, 3.63) is 59.0 Å². The van der Waals surface area contributed by atoms with E-state index in [1.807, 2.05) is 0 Å². The topological polar surface area (TPSA) is 101 Å². The molecule has 3 N–H and O–H groups in total. The van der Waals surface area contributed by atoms with Crippen LogP contribution in [-0.4, -0.2) is 51.3 Å². The fraction of sp³-hybridized carbons (Fsp3) is 0.444. The van der Waals surface area contributed by atoms with Gasteiger partial charge < -0.3 is 29.4 Å². The van der Waals surface area contributed by atoms with Crippen LogP contribution in [-0.2, 0) is 28.6 Å². The first-order chi connectivity index (χ1) is 20.2. The highest BCUT2D eigenvalue weighted by molar-refractivity contribution is 5.95. The first-order valence-corrected chi connectivity index (χ1v) is 11.3. The Morgan fingerprint density at radius 1 is 1.22 bits per heavy atom. The molecular weight excluding hydrogens is 491 g/mol. The van der Waals surface area contributed by atoms with Crippen molar-refractivity contribution in [3.63, 3.8) is 0 Å². The smallest absolute Gasteiger partial charge is 0.395 e. The van der Waals surface area contributed by atoms with Crippen LogP contribution in [0.5, 0.6) is 11.5 Å². The van der Waals surface area contributed by atoms with Gasteiger partial charge in [0.25, 0.3) is 0 Å². The number of ketones is 1. The summed E-state index contributed by atoms with van der Waals surface area (Å²) in [5.74, 6) is -3.05. The Balaban J connectivity index is 1.60. The summed E-state index contributed by atoms with van der Waals surface area (Å²) in [6, 6.07) is 6.42. The second kappa shape index (κ2) is 8.75. The Morgan fingerprint density at radius 2 is 1.95 bits per heavy atom. The molecule has 2 heterocycles. The number of aromatic nitrogens is 1. The zero-order chi connectivity index (χ0) is 32.8. The molecular formula is C27H28F3NO6. The lowest BCUT2D eigenvalue weighted by atomic mass is 9.87. The van der Waals surface area contributed by atoms with Gasteiger partial charge in [0.1, 0.15) is 11.6 Å². The van der Waals surface area contributed by atoms with E-state index >= 15 is 4.39 Å². The summed E-state index contributed by atoms with van der Waals surface area (Å²) in [5, 5.41) is 29.8. The Bertz CT molecular complexity index is 1650. The molecule has 2 aromatic carbocycles. The molecule has 1 aromatic heterocycles. The average Bonchev–Trinajstić information content (AvgIpc) is 3.20. The van der Waals surface area contributed by atoms with Crippen molar-refractivity contribution in [2.75, 3.05) is 13.2 Å². The van der Waals surface area contributed by atoms with Gasteiger partial charge in [-0.25, -0.2) is 4.39 Å². The van der Waals surface area contributed by atoms with E-state index in [4.69, 9.17) is 9.60 Å². The van der Waals surface area contributed by atoms with Crippen LogP contribution >= 0.6 is 0 Å². The van der Waals surface area contributed by atoms with E-state index in [1.165, 1.54) is 23.6 Å². The van der Waals surface area contributed by atoms with Crippen LogP contribution in [0.15, 0.2) is 36.4 Å². The number of alkyl halides is 2. The maximum absolute atomic E-state index is 15.6. The lowest BCUT2D eigenvalue weighted by molar-refractivity contribution is -0.286. The van der Waals surface area contributed by atoms with Crippen molar-refractivity contribution < 1.29 is 52.4 Å². The average molecular weight is 527 g/mol. The van der Waals surface area contributed by atoms with Gasteiger partial charge >= 0.3 is 6.29 Å². The summed E-state index contributed by atoms with van der Waals surface area (Å²) in [5.41, 5.74) is -5.01. The van der Waals surface area contributed by atoms with Gasteiger partial charge in [0.05, 0.1) is 36.8 Å². The van der Waals surface area contributed by atoms with Crippen LogP contribution in [0, 0.1) is 5.82 Å². The van der Waals surface area contributed by atoms with E-state index in [-0.39, 0.29) is 34.3 Å². The third-order valence-electron chi connectivity index (χ3n) is 6.53. The Kier molecular flexibility index (Phi) is 4.31. The number of benzene rings is 2. The van der Waals surface area contributed by atoms with Gasteiger partial charge in [-0.1, -0.05) is 19.8 Å². The van der Waals surface area contributed by atoms with Crippen molar-refractivity contribution >= 4 is 16.7 Å². The molecule has 3 aromatic rings. The van der Waals surface area contributed by atoms with Crippen LogP contribution in [0.3, 0.4) is 0 Å². The van der Waals surface area contributed by atoms with Gasteiger partial charge in [-0.15, -0.1) is 8.78 Å². The normalized spacial score (nSPS) is 25.4. The molecule has 2 atom stereocenters. The Morgan fingerprint density at radius 3 is 2.59 bits per heavy atom. The van der Waals surface area contributed by atoms with Gasteiger partial charge in [-0.3, -0.25) is 4.79 Å². The molecule has 1 saturated carbocycles. The molecule has 1 fully saturated rings. The zero-order valence-corrected chi connectivity index (χ0v) is 19.5. The number of nitrogens with zero attached hydrogens (tertiary/aromatic N) is 1. The molecule has 37 heavy (non-hydrogen) atoms. The number of hydrogen-bond donors (Lipinski definition) is 3. The highest BCUT2D eigenvalue weighted by Gasteiger charge is 2.52. The number of fused-ring (bicyclic) bond motifs is 2. The van der Waals surface area contributed by atoms with Crippen LogP contribution in [0.2, 0.25) is 0 Å². The highest BCUT2D eigenvalue weighted by atomic mass is 19.3. The van der Waals surface area contributed by atoms with Crippen LogP contribution in [0.4, 0.5) is 13.2 Å². The molecule has 5 rings (SSSR count). The molecule has 1 aliphatic heterocycles. The fourth-order valence-corrected chi connectivity index (χ4v) is 4.46. The number of hydrogen-bond acceptors (Lipinski definition) is 6. The minimum atomic E-state index is -4.02. The van der Waals surface area contributed by atoms with Gasteiger partial charge in [0, 0.05) is 32.5 Å². The number of rotatable bonds is 9. The minimum Gasteiger partial charge on any atom is -0.395 e. The number of ether oxygens (including phenoxy) is 2. The standard InChI is InChI=1S/C27H28F3NO6/c1-25(2,14-33)23-8-16-7-15(19(28)11-20(16)31(23)12-18(34)13-32)9-24(35)26(5-6-26)17-3-4-21-22(10-17)37-27(29,30)36-21/h3-4,7-8,10-11,18,32-34H,5-6,9,12-14H2,1-2H3/t18-/m1/s1/i1D3,5D2,6D2/t18-,25?. The molecule has 2 aliphatic rings. The van der Waals surface area contributed by atoms with E-state index in [2.05, 4.69) is 9.47 Å². The van der Waals surface area contributed by atoms with E-state index in [9.17, 15) is 28.9 Å². The molecule has 0 radical (unpaired) electrons. The molecule has 1 aliphatic carbocycles. The molecule has 0 amide bonds. The SMILES string of the molecule is [2H]C([2H])([2H])C(C)(CO)c1cc2cc(CC(=O)C3(c4ccc5c(c4)OC(F)(F)O5)C([2H])([2H])C3([2H])[2H])c(F)cc2n1C[C@@H](O)CO. The number of carbonyl (C=O) groups excluding carboxylic acids is 1. The first-order valence-electron chi connectivity index (χ1n) is 14.8. The summed E-state index contributed by atoms with van der Waals surface area (Å²) >= 11 is 0. The lowest BCUT2D eigenvalue weighted by Gasteiger charge is -2.25. The molecule has 7 nitrogen and oxygen atoms in total. The zero-order valence-electron chi connectivity index (χ0n) is 26.5. The Labute approximate surface area is 220 Å². The number of halogens is 3. The number of Topliss-reactive ketones (excluding diaryl/α,β-unsaturated/α-hetero) is 1. The minimum absolute atomic E-state index is 0.0196. The second-order valence-corrected chi connectivity index (χ2v) is 9.40. The van der Waals surface area contributed by atoms with Crippen molar-refractivity contribution in [2.24, 2.45) is 0 Å². The predicted molar refractivity (Wildman–Crippen MR) is 127 cm³/mol. The maximum Gasteiger partial charge on any atom is 0.586 e. The third kappa shape index (κ3) is 4.47. The highest BCUT2D eigenvalue weighted by Crippen LogP contribution is 2.52. The summed E-state index contributed by atoms with van der Waals surface area (Å²) in [7, 11) is 0. The molecule has 0 saturated heterocycles. The van der Waals surface area contributed by atoms with E-state index < -0.39 is 85.6 Å². The lowest BCUT2D eigenvalue weighted by Crippen LogP contribution is -2.29. The summed E-state index contributed by atoms with van der Waals surface area (Å²) in [6.07, 6.45) is -11.9. The second-order valence-electron chi connectivity index (χ2n) is 9.40. The maximum atomic E-state index is 15.6. The van der Waals surface area contributed by atoms with Gasteiger partial charge in [0.2, 0.25) is 0 Å². The third-order valence-corrected chi connectivity index (χ3v) is 6.53. The summed E-state index contributed by atoms with van der Waals surface area (Å²) in [4.78, 5) is 13.8. The summed E-state index contributed by atoms with van der Waals surface area (Å²) < 4.78 is 110. The van der Waals surface area contributed by atoms with E-state index in [0.29, 0.717) is 0 Å². The van der Waals surface area contributed by atoms with Crippen molar-refractivity contribution in [1.29, 1.82) is 0 Å². The number of aliphatic hydroxyl groups is 3. The quantitative estimate of drug-likeness (QED) is 0.394. The largest absolute Gasteiger partial charge is 0.586 e. The predicted octanol–water partition coefficient (Wildman–Crippen LogP) is 3.57. The molecule has 1 unspecified atom stereocenters. The molecule has 10 heteroatoms. The number of aliphatic hydroxyl groups excluding tert-OH is 3. The van der Waals surface area contributed by atoms with Crippen LogP contribution in [0.25, 0.3) is 10.9 Å². The number of carbonyl (C=O) groups is 1. The molecule has 0 spiro atoms. The van der Waals surface area contributed by atoms with Crippen LogP contribution < -0.4 is 9.47 Å². The summed E-state index contributed by atoms with van der Waals surface area (Å²) in [6.45, 7) is -3.46. The van der Waals surface area contributed by atoms with Gasteiger partial charge in [-0.2, -0.15) is 0 Å². The monoisotopic (exact) mass is 526 g/mol. The van der Waals surface area contributed by atoms with Crippen LogP contribution in [0.1, 0.15) is 52.9 Å². The van der Waals surface area contributed by atoms with Gasteiger partial charge in [-0.05, 0) is 54.2 Å². The molecule has 198 valence electrons. The van der Waals surface area contributed by atoms with E-state index in [0.717, 1.165) is 24.3 Å². The Hall–Kier alpha value is -3.08. The fourth-order valence-electron chi connectivity index (χ4n) is 4.46. The van der Waals surface area contributed by atoms with Crippen molar-refractivity contribution in [3.8, 4) is 11.5 Å². The van der Waals surface area contributed by atoms with Gasteiger partial charge in [0.15, 0.2) is 11.5 Å². The van der Waals surface area contributed by atoms with E-state index in [1.54, 1.807) is 0 Å². The first kappa shape index (κ1) is 18.2. The van der Waals surface area contributed by atoms with Crippen molar-refractivity contribution in [1.82, 2.24) is 4.57 Å².